The Bertz CT molecular complexity index is 219. The van der Waals surface area contributed by atoms with Crippen molar-refractivity contribution in [2.45, 2.75) is 6.92 Å². The first-order valence-electron chi connectivity index (χ1n) is 3.10. The highest BCUT2D eigenvalue weighted by molar-refractivity contribution is 5.55. The van der Waals surface area contributed by atoms with Crippen molar-refractivity contribution >= 4 is 11.6 Å². The lowest BCUT2D eigenvalue weighted by Gasteiger charge is -1.97. The molecule has 1 aromatic heterocycles. The van der Waals surface area contributed by atoms with Gasteiger partial charge in [-0.2, -0.15) is 0 Å². The summed E-state index contributed by atoms with van der Waals surface area (Å²) in [6, 6.07) is 1.67. The molecular formula is C6H11N3O. The standard InChI is InChI=1S/C6H11N3O/c1-2-10-4-3-5(7)9-6(4)8/h3,9H,2,7-8H2,1H3. The van der Waals surface area contributed by atoms with Gasteiger partial charge in [0, 0.05) is 6.07 Å². The Morgan fingerprint density at radius 3 is 2.70 bits per heavy atom. The maximum Gasteiger partial charge on any atom is 0.162 e. The zero-order chi connectivity index (χ0) is 7.56. The number of anilines is 2. The van der Waals surface area contributed by atoms with Crippen LogP contribution in [0.25, 0.3) is 0 Å². The lowest BCUT2D eigenvalue weighted by atomic mass is 10.5. The molecule has 56 valence electrons. The Kier molecular flexibility index (Phi) is 1.71. The van der Waals surface area contributed by atoms with Crippen molar-refractivity contribution in [3.8, 4) is 5.75 Å². The highest BCUT2D eigenvalue weighted by atomic mass is 16.5. The summed E-state index contributed by atoms with van der Waals surface area (Å²) < 4.78 is 5.12. The fourth-order valence-electron chi connectivity index (χ4n) is 0.747. The summed E-state index contributed by atoms with van der Waals surface area (Å²) in [5.41, 5.74) is 10.9. The maximum atomic E-state index is 5.47. The van der Waals surface area contributed by atoms with Crippen LogP contribution < -0.4 is 16.2 Å². The molecule has 10 heavy (non-hydrogen) atoms. The number of nitrogen functional groups attached to an aromatic ring is 2. The van der Waals surface area contributed by atoms with Gasteiger partial charge in [0.25, 0.3) is 0 Å². The van der Waals surface area contributed by atoms with E-state index in [9.17, 15) is 0 Å². The number of ether oxygens (including phenoxy) is 1. The summed E-state index contributed by atoms with van der Waals surface area (Å²) in [7, 11) is 0. The van der Waals surface area contributed by atoms with E-state index in [0.717, 1.165) is 0 Å². The number of hydrogen-bond donors (Lipinski definition) is 3. The van der Waals surface area contributed by atoms with Crippen LogP contribution in [0.1, 0.15) is 6.92 Å². The van der Waals surface area contributed by atoms with Gasteiger partial charge < -0.3 is 21.2 Å². The van der Waals surface area contributed by atoms with E-state index in [1.165, 1.54) is 0 Å². The number of aromatic amines is 1. The molecule has 1 heterocycles. The Balaban J connectivity index is 2.81. The van der Waals surface area contributed by atoms with Gasteiger partial charge in [0.05, 0.1) is 6.61 Å². The van der Waals surface area contributed by atoms with E-state index in [4.69, 9.17) is 16.2 Å². The van der Waals surface area contributed by atoms with Gasteiger partial charge in [0.2, 0.25) is 0 Å². The highest BCUT2D eigenvalue weighted by Crippen LogP contribution is 2.22. The van der Waals surface area contributed by atoms with E-state index < -0.39 is 0 Å². The molecule has 0 aliphatic carbocycles. The minimum atomic E-state index is 0.486. The van der Waals surface area contributed by atoms with Crippen LogP contribution in [-0.4, -0.2) is 11.6 Å². The van der Waals surface area contributed by atoms with Crippen LogP contribution >= 0.6 is 0 Å². The molecule has 1 rings (SSSR count). The fourth-order valence-corrected chi connectivity index (χ4v) is 0.747. The first kappa shape index (κ1) is 6.80. The van der Waals surface area contributed by atoms with E-state index in [-0.39, 0.29) is 0 Å². The second-order valence-electron chi connectivity index (χ2n) is 1.94. The second kappa shape index (κ2) is 2.51. The van der Waals surface area contributed by atoms with Crippen molar-refractivity contribution in [2.24, 2.45) is 0 Å². The van der Waals surface area contributed by atoms with E-state index in [2.05, 4.69) is 4.98 Å². The monoisotopic (exact) mass is 141 g/mol. The molecule has 0 saturated heterocycles. The van der Waals surface area contributed by atoms with Gasteiger partial charge >= 0.3 is 0 Å². The summed E-state index contributed by atoms with van der Waals surface area (Å²) >= 11 is 0. The SMILES string of the molecule is CCOc1cc(N)[nH]c1N. The van der Waals surface area contributed by atoms with Crippen molar-refractivity contribution in [2.75, 3.05) is 18.1 Å². The zero-order valence-electron chi connectivity index (χ0n) is 5.85. The molecule has 0 radical (unpaired) electrons. The quantitative estimate of drug-likeness (QED) is 0.563. The van der Waals surface area contributed by atoms with Crippen molar-refractivity contribution in [1.29, 1.82) is 0 Å². The predicted octanol–water partition coefficient (Wildman–Crippen LogP) is 0.578. The lowest BCUT2D eigenvalue weighted by molar-refractivity contribution is 0.342. The minimum absolute atomic E-state index is 0.486. The number of hydrogen-bond acceptors (Lipinski definition) is 3. The number of nitrogens with two attached hydrogens (primary N) is 2. The first-order valence-corrected chi connectivity index (χ1v) is 3.10. The van der Waals surface area contributed by atoms with Crippen LogP contribution in [0.2, 0.25) is 0 Å². The molecule has 0 bridgehead atoms. The molecule has 0 aliphatic rings. The van der Waals surface area contributed by atoms with Crippen LogP contribution in [0.4, 0.5) is 11.6 Å². The Morgan fingerprint density at radius 1 is 1.60 bits per heavy atom. The van der Waals surface area contributed by atoms with Crippen molar-refractivity contribution in [3.05, 3.63) is 6.07 Å². The molecule has 0 amide bonds. The van der Waals surface area contributed by atoms with Gasteiger partial charge in [-0.1, -0.05) is 0 Å². The summed E-state index contributed by atoms with van der Waals surface area (Å²) in [5.74, 6) is 1.64. The smallest absolute Gasteiger partial charge is 0.162 e. The van der Waals surface area contributed by atoms with Gasteiger partial charge in [-0.05, 0) is 6.92 Å². The Hall–Kier alpha value is -1.32. The van der Waals surface area contributed by atoms with Crippen LogP contribution in [0.15, 0.2) is 6.07 Å². The topological polar surface area (TPSA) is 77.1 Å². The molecule has 0 atom stereocenters. The molecule has 0 saturated carbocycles. The van der Waals surface area contributed by atoms with Crippen molar-refractivity contribution in [1.82, 2.24) is 4.98 Å². The third-order valence-corrected chi connectivity index (χ3v) is 1.13. The van der Waals surface area contributed by atoms with E-state index >= 15 is 0 Å². The summed E-state index contributed by atoms with van der Waals surface area (Å²) in [6.07, 6.45) is 0. The molecule has 5 N–H and O–H groups in total. The molecule has 0 unspecified atom stereocenters. The molecule has 4 nitrogen and oxygen atoms in total. The van der Waals surface area contributed by atoms with Crippen LogP contribution in [0, 0.1) is 0 Å². The molecule has 1 aromatic rings. The third-order valence-electron chi connectivity index (χ3n) is 1.13. The number of rotatable bonds is 2. The summed E-state index contributed by atoms with van der Waals surface area (Å²) in [5, 5.41) is 0. The van der Waals surface area contributed by atoms with Gasteiger partial charge in [0.1, 0.15) is 11.6 Å². The van der Waals surface area contributed by atoms with Crippen LogP contribution in [-0.2, 0) is 0 Å². The predicted molar refractivity (Wildman–Crippen MR) is 40.8 cm³/mol. The van der Waals surface area contributed by atoms with Gasteiger partial charge in [-0.15, -0.1) is 0 Å². The summed E-state index contributed by atoms with van der Waals surface area (Å²) in [6.45, 7) is 2.49. The Labute approximate surface area is 59.2 Å². The van der Waals surface area contributed by atoms with E-state index in [1.807, 2.05) is 6.92 Å². The maximum absolute atomic E-state index is 5.47. The van der Waals surface area contributed by atoms with Crippen LogP contribution in [0.3, 0.4) is 0 Å². The van der Waals surface area contributed by atoms with Gasteiger partial charge in [0.15, 0.2) is 5.75 Å². The second-order valence-corrected chi connectivity index (χ2v) is 1.94. The first-order chi connectivity index (χ1) is 4.74. The normalized spacial score (nSPS) is 9.70. The number of nitrogens with one attached hydrogen (secondary N) is 1. The highest BCUT2D eigenvalue weighted by Gasteiger charge is 2.01. The minimum Gasteiger partial charge on any atom is -0.490 e. The zero-order valence-corrected chi connectivity index (χ0v) is 5.85. The van der Waals surface area contributed by atoms with E-state index in [0.29, 0.717) is 24.0 Å². The van der Waals surface area contributed by atoms with Gasteiger partial charge in [-0.3, -0.25) is 0 Å². The molecule has 0 aliphatic heterocycles. The van der Waals surface area contributed by atoms with Crippen molar-refractivity contribution in [3.63, 3.8) is 0 Å². The lowest BCUT2D eigenvalue weighted by Crippen LogP contribution is -1.93. The summed E-state index contributed by atoms with van der Waals surface area (Å²) in [4.78, 5) is 2.72. The number of H-pyrrole nitrogens is 1. The largest absolute Gasteiger partial charge is 0.490 e. The van der Waals surface area contributed by atoms with E-state index in [1.54, 1.807) is 6.07 Å². The third kappa shape index (κ3) is 1.15. The molecule has 0 spiro atoms. The molecule has 0 fully saturated rings. The average molecular weight is 141 g/mol. The average Bonchev–Trinajstić information content (AvgIpc) is 2.13. The Morgan fingerprint density at radius 2 is 2.30 bits per heavy atom. The van der Waals surface area contributed by atoms with Crippen molar-refractivity contribution < 1.29 is 4.74 Å². The van der Waals surface area contributed by atoms with Crippen LogP contribution in [0.5, 0.6) is 5.75 Å². The number of aromatic nitrogens is 1. The molecule has 0 aromatic carbocycles. The van der Waals surface area contributed by atoms with Gasteiger partial charge in [-0.25, -0.2) is 0 Å². The molecule has 4 heteroatoms. The molecular weight excluding hydrogens is 130 g/mol. The fraction of sp³-hybridized carbons (Fsp3) is 0.333.